The van der Waals surface area contributed by atoms with Gasteiger partial charge in [-0.1, -0.05) is 0 Å². The predicted molar refractivity (Wildman–Crippen MR) is 102 cm³/mol. The first kappa shape index (κ1) is 20.1. The largest absolute Gasteiger partial charge is 0.379 e. The van der Waals surface area contributed by atoms with Gasteiger partial charge in [-0.3, -0.25) is 4.99 Å². The number of hydrogen-bond donors (Lipinski definition) is 1. The van der Waals surface area contributed by atoms with Crippen LogP contribution in [0.25, 0.3) is 0 Å². The van der Waals surface area contributed by atoms with Gasteiger partial charge in [0.05, 0.1) is 6.61 Å². The highest BCUT2D eigenvalue weighted by molar-refractivity contribution is 14.0. The van der Waals surface area contributed by atoms with E-state index in [4.69, 9.17) is 4.74 Å². The highest BCUT2D eigenvalue weighted by Gasteiger charge is 2.21. The number of unbranched alkanes of at least 4 members (excludes halogenated alkanes) is 1. The Balaban J connectivity index is 0.00000264. The minimum absolute atomic E-state index is 0. The second kappa shape index (κ2) is 11.6. The standard InChI is InChI=1S/C15H28N6O.HI/c1-16-15(20(2)9-10-22-11-14-5-6-14)17-7-3-4-8-21-12-18-19-13-21;/h12-14H,3-11H2,1-2H3,(H,16,17);1H. The smallest absolute Gasteiger partial charge is 0.193 e. The Bertz CT molecular complexity index is 435. The van der Waals surface area contributed by atoms with Gasteiger partial charge in [0, 0.05) is 40.3 Å². The number of rotatable bonds is 10. The number of aromatic nitrogens is 3. The lowest BCUT2D eigenvalue weighted by molar-refractivity contribution is 0.115. The Hall–Kier alpha value is -0.900. The average molecular weight is 436 g/mol. The number of guanidine groups is 1. The maximum atomic E-state index is 5.67. The third kappa shape index (κ3) is 8.50. The Morgan fingerprint density at radius 3 is 2.74 bits per heavy atom. The van der Waals surface area contributed by atoms with Crippen LogP contribution in [0.1, 0.15) is 25.7 Å². The van der Waals surface area contributed by atoms with Gasteiger partial charge in [-0.2, -0.15) is 0 Å². The molecule has 1 aromatic rings. The van der Waals surface area contributed by atoms with Gasteiger partial charge in [-0.15, -0.1) is 34.2 Å². The van der Waals surface area contributed by atoms with Gasteiger partial charge < -0.3 is 19.5 Å². The van der Waals surface area contributed by atoms with Gasteiger partial charge in [0.25, 0.3) is 0 Å². The van der Waals surface area contributed by atoms with Crippen LogP contribution >= 0.6 is 24.0 Å². The van der Waals surface area contributed by atoms with Gasteiger partial charge in [0.15, 0.2) is 5.96 Å². The maximum Gasteiger partial charge on any atom is 0.193 e. The topological polar surface area (TPSA) is 67.6 Å². The zero-order valence-electron chi connectivity index (χ0n) is 14.1. The van der Waals surface area contributed by atoms with Crippen LogP contribution in [0.15, 0.2) is 17.6 Å². The first-order valence-corrected chi connectivity index (χ1v) is 8.11. The number of nitrogens with zero attached hydrogens (tertiary/aromatic N) is 5. The molecule has 0 atom stereocenters. The lowest BCUT2D eigenvalue weighted by atomic mass is 10.3. The van der Waals surface area contributed by atoms with Crippen LogP contribution in [0, 0.1) is 5.92 Å². The fraction of sp³-hybridized carbons (Fsp3) is 0.800. The highest BCUT2D eigenvalue weighted by Crippen LogP contribution is 2.28. The van der Waals surface area contributed by atoms with Crippen LogP contribution in [-0.2, 0) is 11.3 Å². The normalized spacial score (nSPS) is 14.4. The molecule has 1 aromatic heterocycles. The summed E-state index contributed by atoms with van der Waals surface area (Å²) in [6.07, 6.45) is 8.37. The molecule has 1 aliphatic rings. The average Bonchev–Trinajstić information content (AvgIpc) is 3.21. The van der Waals surface area contributed by atoms with Crippen molar-refractivity contribution >= 4 is 29.9 Å². The monoisotopic (exact) mass is 436 g/mol. The lowest BCUT2D eigenvalue weighted by Crippen LogP contribution is -2.41. The summed E-state index contributed by atoms with van der Waals surface area (Å²) in [5, 5.41) is 11.0. The van der Waals surface area contributed by atoms with Gasteiger partial charge in [0.1, 0.15) is 12.7 Å². The summed E-state index contributed by atoms with van der Waals surface area (Å²) in [5.41, 5.74) is 0. The van der Waals surface area contributed by atoms with Crippen LogP contribution in [0.4, 0.5) is 0 Å². The third-order valence-corrected chi connectivity index (χ3v) is 3.79. The van der Waals surface area contributed by atoms with E-state index in [2.05, 4.69) is 25.4 Å². The molecular formula is C15H29IN6O. The van der Waals surface area contributed by atoms with Crippen molar-refractivity contribution in [2.45, 2.75) is 32.2 Å². The van der Waals surface area contributed by atoms with Crippen LogP contribution in [-0.4, -0.2) is 66.0 Å². The summed E-state index contributed by atoms with van der Waals surface area (Å²) in [6, 6.07) is 0. The summed E-state index contributed by atoms with van der Waals surface area (Å²) in [7, 11) is 3.87. The molecule has 0 bridgehead atoms. The maximum absolute atomic E-state index is 5.67. The molecule has 0 aliphatic heterocycles. The SMILES string of the molecule is CN=C(NCCCCn1cnnc1)N(C)CCOCC1CC1.I. The molecule has 1 N–H and O–H groups in total. The van der Waals surface area contributed by atoms with Crippen molar-refractivity contribution in [3.63, 3.8) is 0 Å². The van der Waals surface area contributed by atoms with Crippen molar-refractivity contribution in [1.82, 2.24) is 25.0 Å². The number of aliphatic imine (C=N–C) groups is 1. The molecular weight excluding hydrogens is 407 g/mol. The fourth-order valence-electron chi connectivity index (χ4n) is 2.18. The van der Waals surface area contributed by atoms with Crippen molar-refractivity contribution in [2.24, 2.45) is 10.9 Å². The van der Waals surface area contributed by atoms with E-state index in [9.17, 15) is 0 Å². The Labute approximate surface area is 155 Å². The number of aryl methyl sites for hydroxylation is 1. The van der Waals surface area contributed by atoms with E-state index in [0.29, 0.717) is 0 Å². The molecule has 0 spiro atoms. The molecule has 23 heavy (non-hydrogen) atoms. The van der Waals surface area contributed by atoms with E-state index < -0.39 is 0 Å². The van der Waals surface area contributed by atoms with Gasteiger partial charge >= 0.3 is 0 Å². The number of hydrogen-bond acceptors (Lipinski definition) is 4. The first-order valence-electron chi connectivity index (χ1n) is 8.11. The molecule has 0 unspecified atom stereocenters. The summed E-state index contributed by atoms with van der Waals surface area (Å²) in [5.74, 6) is 1.76. The molecule has 0 radical (unpaired) electrons. The summed E-state index contributed by atoms with van der Waals surface area (Å²) >= 11 is 0. The van der Waals surface area contributed by atoms with Crippen LogP contribution in [0.2, 0.25) is 0 Å². The number of halogens is 1. The second-order valence-electron chi connectivity index (χ2n) is 5.82. The number of ether oxygens (including phenoxy) is 1. The Morgan fingerprint density at radius 2 is 2.09 bits per heavy atom. The molecule has 1 saturated carbocycles. The van der Waals surface area contributed by atoms with E-state index in [1.54, 1.807) is 12.7 Å². The van der Waals surface area contributed by atoms with Gasteiger partial charge in [-0.25, -0.2) is 0 Å². The van der Waals surface area contributed by atoms with Crippen molar-refractivity contribution < 1.29 is 4.74 Å². The summed E-state index contributed by atoms with van der Waals surface area (Å²) < 4.78 is 7.67. The molecule has 0 amide bonds. The lowest BCUT2D eigenvalue weighted by Gasteiger charge is -2.22. The van der Waals surface area contributed by atoms with E-state index in [0.717, 1.165) is 57.6 Å². The summed E-state index contributed by atoms with van der Waals surface area (Å²) in [6.45, 7) is 4.43. The molecule has 7 nitrogen and oxygen atoms in total. The molecule has 2 rings (SSSR count). The third-order valence-electron chi connectivity index (χ3n) is 3.79. The molecule has 0 saturated heterocycles. The number of likely N-dealkylation sites (N-methyl/N-ethyl adjacent to an activating group) is 1. The minimum Gasteiger partial charge on any atom is -0.379 e. The van der Waals surface area contributed by atoms with Crippen molar-refractivity contribution in [2.75, 3.05) is 40.4 Å². The fourth-order valence-corrected chi connectivity index (χ4v) is 2.18. The van der Waals surface area contributed by atoms with E-state index >= 15 is 0 Å². The molecule has 132 valence electrons. The molecule has 1 heterocycles. The van der Waals surface area contributed by atoms with Crippen molar-refractivity contribution in [3.8, 4) is 0 Å². The highest BCUT2D eigenvalue weighted by atomic mass is 127. The molecule has 0 aromatic carbocycles. The Morgan fingerprint density at radius 1 is 1.35 bits per heavy atom. The van der Waals surface area contributed by atoms with Crippen LogP contribution in [0.5, 0.6) is 0 Å². The number of nitrogens with one attached hydrogen (secondary N) is 1. The van der Waals surface area contributed by atoms with Crippen LogP contribution < -0.4 is 5.32 Å². The minimum atomic E-state index is 0. The summed E-state index contributed by atoms with van der Waals surface area (Å²) in [4.78, 5) is 6.43. The van der Waals surface area contributed by atoms with Crippen molar-refractivity contribution in [3.05, 3.63) is 12.7 Å². The molecule has 1 aliphatic carbocycles. The zero-order chi connectivity index (χ0) is 15.6. The van der Waals surface area contributed by atoms with E-state index in [1.165, 1.54) is 12.8 Å². The van der Waals surface area contributed by atoms with Gasteiger partial charge in [-0.05, 0) is 31.6 Å². The quantitative estimate of drug-likeness (QED) is 0.261. The van der Waals surface area contributed by atoms with E-state index in [1.807, 2.05) is 18.7 Å². The van der Waals surface area contributed by atoms with E-state index in [-0.39, 0.29) is 24.0 Å². The zero-order valence-corrected chi connectivity index (χ0v) is 16.5. The first-order chi connectivity index (χ1) is 10.8. The second-order valence-corrected chi connectivity index (χ2v) is 5.82. The van der Waals surface area contributed by atoms with Crippen LogP contribution in [0.3, 0.4) is 0 Å². The molecule has 1 fully saturated rings. The predicted octanol–water partition coefficient (Wildman–Crippen LogP) is 1.61. The van der Waals surface area contributed by atoms with Crippen molar-refractivity contribution in [1.29, 1.82) is 0 Å². The van der Waals surface area contributed by atoms with Gasteiger partial charge in [0.2, 0.25) is 0 Å². The Kier molecular flexibility index (Phi) is 10.2. The molecule has 8 heteroatoms.